The van der Waals surface area contributed by atoms with E-state index in [1.54, 1.807) is 7.11 Å². The molecule has 1 atom stereocenters. The van der Waals surface area contributed by atoms with Gasteiger partial charge in [-0.15, -0.1) is 0 Å². The first-order valence-electron chi connectivity index (χ1n) is 9.92. The summed E-state index contributed by atoms with van der Waals surface area (Å²) in [5.41, 5.74) is -0.0467. The molecular formula is C23H33NO3. The average molecular weight is 372 g/mol. The van der Waals surface area contributed by atoms with E-state index < -0.39 is 5.60 Å². The highest BCUT2D eigenvalue weighted by atomic mass is 16.5. The topological polar surface area (TPSA) is 47.6 Å². The first-order chi connectivity index (χ1) is 12.9. The summed E-state index contributed by atoms with van der Waals surface area (Å²) in [6.07, 6.45) is 3.88. The molecule has 0 heterocycles. The van der Waals surface area contributed by atoms with E-state index in [1.165, 1.54) is 0 Å². The normalized spacial score (nSPS) is 13.6. The highest BCUT2D eigenvalue weighted by molar-refractivity contribution is 6.06. The molecule has 0 aliphatic rings. The summed E-state index contributed by atoms with van der Waals surface area (Å²) >= 11 is 0. The van der Waals surface area contributed by atoms with Crippen LogP contribution >= 0.6 is 0 Å². The van der Waals surface area contributed by atoms with E-state index in [1.807, 2.05) is 43.3 Å². The van der Waals surface area contributed by atoms with Crippen molar-refractivity contribution < 1.29 is 14.3 Å². The Morgan fingerprint density at radius 1 is 1.11 bits per heavy atom. The molecule has 1 unspecified atom stereocenters. The summed E-state index contributed by atoms with van der Waals surface area (Å²) < 4.78 is 11.5. The van der Waals surface area contributed by atoms with Crippen LogP contribution in [0.5, 0.6) is 5.75 Å². The van der Waals surface area contributed by atoms with Crippen molar-refractivity contribution in [1.82, 2.24) is 0 Å². The van der Waals surface area contributed by atoms with Gasteiger partial charge in [0.15, 0.2) is 0 Å². The number of rotatable bonds is 10. The van der Waals surface area contributed by atoms with Crippen molar-refractivity contribution in [2.75, 3.05) is 19.0 Å². The molecule has 0 saturated heterocycles. The number of anilines is 1. The molecular weight excluding hydrogens is 338 g/mol. The molecule has 1 N–H and O–H groups in total. The number of amides is 1. The zero-order chi connectivity index (χ0) is 19.9. The second kappa shape index (κ2) is 9.75. The van der Waals surface area contributed by atoms with Crippen LogP contribution in [0.4, 0.5) is 5.69 Å². The summed E-state index contributed by atoms with van der Waals surface area (Å²) in [6, 6.07) is 11.8. The lowest BCUT2D eigenvalue weighted by atomic mass is 9.96. The molecule has 0 spiro atoms. The lowest BCUT2D eigenvalue weighted by molar-refractivity contribution is -0.136. The molecule has 2 aromatic carbocycles. The number of methoxy groups -OCH3 is 1. The van der Waals surface area contributed by atoms with Crippen molar-refractivity contribution in [2.45, 2.75) is 59.0 Å². The number of ether oxygens (including phenoxy) is 2. The fourth-order valence-electron chi connectivity index (χ4n) is 3.04. The number of hydrogen-bond donors (Lipinski definition) is 1. The van der Waals surface area contributed by atoms with Gasteiger partial charge in [-0.1, -0.05) is 64.3 Å². The van der Waals surface area contributed by atoms with Crippen LogP contribution in [0.25, 0.3) is 10.8 Å². The summed E-state index contributed by atoms with van der Waals surface area (Å²) in [5, 5.41) is 5.05. The summed E-state index contributed by atoms with van der Waals surface area (Å²) in [7, 11) is 1.60. The number of unbranched alkanes of at least 4 members (excludes halogenated alkanes) is 2. The minimum atomic E-state index is -0.830. The van der Waals surface area contributed by atoms with Crippen molar-refractivity contribution in [1.29, 1.82) is 0 Å². The van der Waals surface area contributed by atoms with Gasteiger partial charge >= 0.3 is 0 Å². The predicted octanol–water partition coefficient (Wildman–Crippen LogP) is 5.80. The van der Waals surface area contributed by atoms with Gasteiger partial charge in [-0.25, -0.2) is 0 Å². The maximum Gasteiger partial charge on any atom is 0.256 e. The van der Waals surface area contributed by atoms with Crippen molar-refractivity contribution in [3.8, 4) is 5.75 Å². The van der Waals surface area contributed by atoms with Crippen molar-refractivity contribution >= 4 is 22.4 Å². The van der Waals surface area contributed by atoms with Gasteiger partial charge in [0.1, 0.15) is 11.4 Å². The Morgan fingerprint density at radius 2 is 1.81 bits per heavy atom. The molecule has 1 amide bonds. The van der Waals surface area contributed by atoms with E-state index in [0.717, 1.165) is 41.5 Å². The van der Waals surface area contributed by atoms with Crippen LogP contribution in [0.2, 0.25) is 0 Å². The molecule has 4 heteroatoms. The van der Waals surface area contributed by atoms with Crippen LogP contribution in [-0.4, -0.2) is 25.2 Å². The van der Waals surface area contributed by atoms with E-state index in [9.17, 15) is 4.79 Å². The fraction of sp³-hybridized carbons (Fsp3) is 0.522. The molecule has 0 saturated carbocycles. The third-order valence-corrected chi connectivity index (χ3v) is 4.89. The molecule has 0 radical (unpaired) electrons. The van der Waals surface area contributed by atoms with E-state index >= 15 is 0 Å². The Labute approximate surface area is 163 Å². The quantitative estimate of drug-likeness (QED) is 0.537. The highest BCUT2D eigenvalue weighted by Crippen LogP contribution is 2.33. The van der Waals surface area contributed by atoms with E-state index in [-0.39, 0.29) is 5.91 Å². The molecule has 0 fully saturated rings. The van der Waals surface area contributed by atoms with Crippen LogP contribution in [-0.2, 0) is 9.53 Å². The van der Waals surface area contributed by atoms with Crippen LogP contribution in [0.3, 0.4) is 0 Å². The zero-order valence-corrected chi connectivity index (χ0v) is 17.3. The first kappa shape index (κ1) is 21.2. The van der Waals surface area contributed by atoms with Gasteiger partial charge in [-0.3, -0.25) is 4.79 Å². The standard InChI is InChI=1S/C23H33NO3/c1-6-7-10-15-23(4,26-5)22(25)24-20-13-14-21(27-16-17(2)3)19-12-9-8-11-18(19)20/h8-9,11-14,17H,6-7,10,15-16H2,1-5H3,(H,24,25). The number of benzene rings is 2. The Morgan fingerprint density at radius 3 is 2.44 bits per heavy atom. The number of carbonyl (C=O) groups is 1. The summed E-state index contributed by atoms with van der Waals surface area (Å²) in [5.74, 6) is 1.19. The van der Waals surface area contributed by atoms with Crippen molar-refractivity contribution in [2.24, 2.45) is 5.92 Å². The maximum atomic E-state index is 12.9. The molecule has 0 aliphatic carbocycles. The lowest BCUT2D eigenvalue weighted by Gasteiger charge is -2.27. The molecule has 27 heavy (non-hydrogen) atoms. The van der Waals surface area contributed by atoms with Crippen LogP contribution in [0, 0.1) is 5.92 Å². The average Bonchev–Trinajstić information content (AvgIpc) is 2.67. The Bertz CT molecular complexity index is 756. The molecule has 0 aliphatic heterocycles. The SMILES string of the molecule is CCCCCC(C)(OC)C(=O)Nc1ccc(OCC(C)C)c2ccccc12. The van der Waals surface area contributed by atoms with Gasteiger partial charge in [0.2, 0.25) is 0 Å². The van der Waals surface area contributed by atoms with Gasteiger partial charge in [0.05, 0.1) is 6.61 Å². The maximum absolute atomic E-state index is 12.9. The number of hydrogen-bond acceptors (Lipinski definition) is 3. The van der Waals surface area contributed by atoms with Crippen molar-refractivity contribution in [3.63, 3.8) is 0 Å². The second-order valence-corrected chi connectivity index (χ2v) is 7.71. The predicted molar refractivity (Wildman–Crippen MR) is 112 cm³/mol. The van der Waals surface area contributed by atoms with Gasteiger partial charge in [0, 0.05) is 23.6 Å². The van der Waals surface area contributed by atoms with Gasteiger partial charge < -0.3 is 14.8 Å². The number of nitrogens with one attached hydrogen (secondary N) is 1. The van der Waals surface area contributed by atoms with E-state index in [2.05, 4.69) is 26.1 Å². The molecule has 148 valence electrons. The zero-order valence-electron chi connectivity index (χ0n) is 17.3. The molecule has 4 nitrogen and oxygen atoms in total. The monoisotopic (exact) mass is 371 g/mol. The smallest absolute Gasteiger partial charge is 0.256 e. The molecule has 2 rings (SSSR count). The minimum Gasteiger partial charge on any atom is -0.493 e. The van der Waals surface area contributed by atoms with Gasteiger partial charge in [-0.05, 0) is 31.4 Å². The third-order valence-electron chi connectivity index (χ3n) is 4.89. The molecule has 0 bridgehead atoms. The van der Waals surface area contributed by atoms with Gasteiger partial charge in [-0.2, -0.15) is 0 Å². The number of fused-ring (bicyclic) bond motifs is 1. The van der Waals surface area contributed by atoms with Gasteiger partial charge in [0.25, 0.3) is 5.91 Å². The lowest BCUT2D eigenvalue weighted by Crippen LogP contribution is -2.42. The first-order valence-corrected chi connectivity index (χ1v) is 9.92. The molecule has 0 aromatic heterocycles. The third kappa shape index (κ3) is 5.46. The Kier molecular flexibility index (Phi) is 7.66. The van der Waals surface area contributed by atoms with Crippen LogP contribution in [0.15, 0.2) is 36.4 Å². The highest BCUT2D eigenvalue weighted by Gasteiger charge is 2.32. The summed E-state index contributed by atoms with van der Waals surface area (Å²) in [6.45, 7) is 8.93. The Balaban J connectivity index is 2.25. The minimum absolute atomic E-state index is 0.109. The Hall–Kier alpha value is -2.07. The van der Waals surface area contributed by atoms with Crippen LogP contribution < -0.4 is 10.1 Å². The second-order valence-electron chi connectivity index (χ2n) is 7.71. The molecule has 2 aromatic rings. The largest absolute Gasteiger partial charge is 0.493 e. The van der Waals surface area contributed by atoms with E-state index in [0.29, 0.717) is 18.9 Å². The van der Waals surface area contributed by atoms with Crippen LogP contribution in [0.1, 0.15) is 53.4 Å². The number of carbonyl (C=O) groups excluding carboxylic acids is 1. The van der Waals surface area contributed by atoms with Crippen molar-refractivity contribution in [3.05, 3.63) is 36.4 Å². The van der Waals surface area contributed by atoms with E-state index in [4.69, 9.17) is 9.47 Å². The summed E-state index contributed by atoms with van der Waals surface area (Å²) in [4.78, 5) is 12.9. The fourth-order valence-corrected chi connectivity index (χ4v) is 3.04.